The molecule has 0 atom stereocenters. The molecule has 0 fully saturated rings. The number of nitrogens with one attached hydrogen (secondary N) is 2. The number of nitrogen functional groups attached to an aromatic ring is 3. The van der Waals surface area contributed by atoms with Crippen LogP contribution in [0.15, 0.2) is 142 Å². The number of allylic oxidation sites excluding steroid dienone is 2. The summed E-state index contributed by atoms with van der Waals surface area (Å²) >= 11 is 18.4. The summed E-state index contributed by atoms with van der Waals surface area (Å²) in [6.07, 6.45) is 2.83. The van der Waals surface area contributed by atoms with Gasteiger partial charge in [0.15, 0.2) is 80.9 Å². The van der Waals surface area contributed by atoms with Gasteiger partial charge >= 0.3 is 58.7 Å². The van der Waals surface area contributed by atoms with E-state index in [1.807, 2.05) is 49.4 Å². The Morgan fingerprint density at radius 3 is 1.17 bits per heavy atom. The van der Waals surface area contributed by atoms with Gasteiger partial charge in [-0.3, -0.25) is 48.4 Å². The van der Waals surface area contributed by atoms with Crippen LogP contribution >= 0.6 is 92.6 Å². The number of thiol groups is 1. The predicted molar refractivity (Wildman–Crippen MR) is 498 cm³/mol. The van der Waals surface area contributed by atoms with Gasteiger partial charge in [0.25, 0.3) is 22.5 Å². The van der Waals surface area contributed by atoms with Crippen LogP contribution in [0.1, 0.15) is 157 Å². The van der Waals surface area contributed by atoms with E-state index in [2.05, 4.69) is 133 Å². The molecule has 40 heteroatoms. The van der Waals surface area contributed by atoms with Crippen molar-refractivity contribution < 1.29 is 136 Å². The summed E-state index contributed by atoms with van der Waals surface area (Å²) in [5, 5.41) is 21.4. The summed E-state index contributed by atoms with van der Waals surface area (Å²) in [6, 6.07) is 21.0. The Morgan fingerprint density at radius 1 is 0.512 bits per heavy atom. The molecule has 0 aliphatic rings. The first kappa shape index (κ1) is 126. The number of nitrogens with two attached hydrogens (primary N) is 3. The molecule has 0 aliphatic heterocycles. The number of thioether (sulfide) groups is 1. The number of ether oxygens (including phenoxy) is 13. The van der Waals surface area contributed by atoms with Crippen LogP contribution < -0.4 is 141 Å². The third-order valence-corrected chi connectivity index (χ3v) is 19.0. The molecular weight excluding hydrogens is 1830 g/mol. The molecule has 0 aliphatic carbocycles. The predicted octanol–water partition coefficient (Wildman–Crippen LogP) is 16.0. The average Bonchev–Trinajstić information content (AvgIpc) is 0.829. The summed E-state index contributed by atoms with van der Waals surface area (Å²) in [7, 11) is 16.4. The van der Waals surface area contributed by atoms with Crippen LogP contribution in [0.3, 0.4) is 0 Å². The van der Waals surface area contributed by atoms with E-state index in [1.165, 1.54) is 101 Å². The van der Waals surface area contributed by atoms with Crippen LogP contribution in [0, 0.1) is 20.2 Å². The number of aromatic amines is 2. The van der Waals surface area contributed by atoms with Crippen molar-refractivity contribution in [3.63, 3.8) is 0 Å². The van der Waals surface area contributed by atoms with Crippen LogP contribution in [-0.2, 0) is 4.74 Å². The van der Waals surface area contributed by atoms with Crippen LogP contribution in [-0.4, -0.2) is 133 Å². The van der Waals surface area contributed by atoms with E-state index in [9.17, 15) is 38.4 Å². The number of rotatable bonds is 24. The molecule has 0 saturated heterocycles. The summed E-state index contributed by atoms with van der Waals surface area (Å²) in [5.41, 5.74) is 22.1. The molecule has 0 bridgehead atoms. The van der Waals surface area contributed by atoms with Gasteiger partial charge in [0.05, 0.1) is 141 Å². The Labute approximate surface area is 796 Å². The van der Waals surface area contributed by atoms with E-state index in [0.29, 0.717) is 99.7 Å². The first-order chi connectivity index (χ1) is 53.6. The number of thiocarbonyl (C=S) groups is 1. The molecule has 6 aromatic carbocycles. The standard InChI is InChI=1S/C15H19N3O3S.C14H20O3S2.C11H13NO4.C11H17NO2.C11H16O2S.C8H8BrNO4.C4H4BrN3O.C3H5BF2.4CH4.ClH.FH.K/c1-8(2)9-5-10(20-3)11(21-4)6-12(9)22-13-7-17-15(16)18-14(13)19;1-6-17-14(18)19-13-8-12(16-5)11(15-4)7-10(13)9(2)3;1-7(2)8-5-10(15-3)11(16-4)6-9(8)12(13)14;1-7(2)8-5-10(13-3)11(14-4)6-9(8)12;1-7(2)8-5-9(12-3)10(13-4)6-11(8)14;1-13-7-3-5(9)6(10(11)12)4-8(7)14-2;5-2-1-7-4(6)8-3(2)9;1-3(2)4(5)6;;;;;;;/h5-8H,1-4H3,(H3,16,17,18,19);7-9H,6H2,1-5H3;5-6H,1H2,2-4H3;5-7H,12H2,1-4H3;5-7,14H,1-4H3;3-4H,1-2H3;1H,(H3,6,7,8,9);1H2,2H3;4*1H4;2*1H;/q;;;;;;;;;;;;;;+1/p-1. The zero-order valence-corrected chi connectivity index (χ0v) is 80.3. The maximum absolute atomic E-state index is 12.0. The first-order valence-electron chi connectivity index (χ1n) is 34.0. The van der Waals surface area contributed by atoms with Gasteiger partial charge < -0.3 is 83.5 Å². The summed E-state index contributed by atoms with van der Waals surface area (Å²) in [5.74, 6) is 8.86. The number of nitro groups is 2. The average molecular weight is 1950 g/mol. The molecule has 0 amide bonds. The van der Waals surface area contributed by atoms with Crippen molar-refractivity contribution in [2.24, 2.45) is 0 Å². The second-order valence-electron chi connectivity index (χ2n) is 24.3. The van der Waals surface area contributed by atoms with E-state index in [4.69, 9.17) is 91.0 Å². The number of methoxy groups -OCH3 is 12. The molecule has 2 aromatic heterocycles. The van der Waals surface area contributed by atoms with E-state index < -0.39 is 17.1 Å². The Balaban J connectivity index is -0.000000248. The number of hydrogen-bond acceptors (Lipinski definition) is 28. The first-order valence-corrected chi connectivity index (χ1v) is 38.1. The molecule has 8 aromatic rings. The number of aromatic nitrogens is 4. The SMILES string of the molecule is C.C.C.C.C=C(C)B(F)F.C=C(C)c1cc(OC)c(OC)cc1[N+](=O)[O-].CCOC(=S)Sc1cc(OC)c(OC)cc1C(C)C.COc1cc(Br)c([N+](=O)[O-])cc1OC.COc1cc(N)c(C(C)C)cc1OC.COc1cc(S)c(C(C)C)cc1OC.COc1cc(Sc2cnc(N)[nH]c2=O)c(C(C)C)cc1OC.Cl.Nc1ncc(Br)c(=O)[nH]1.[F-].[K+]. The van der Waals surface area contributed by atoms with Gasteiger partial charge in [0, 0.05) is 32.5 Å². The largest absolute Gasteiger partial charge is 1.00 e. The molecule has 0 unspecified atom stereocenters. The second kappa shape index (κ2) is 64.8. The van der Waals surface area contributed by atoms with Crippen molar-refractivity contribution in [1.82, 2.24) is 19.9 Å². The van der Waals surface area contributed by atoms with E-state index in [1.54, 1.807) is 75.9 Å². The van der Waals surface area contributed by atoms with E-state index >= 15 is 0 Å². The maximum atomic E-state index is 12.0. The fraction of sp³-hybridized carbons (Fsp3) is 0.395. The quantitative estimate of drug-likeness (QED) is 0.00622. The van der Waals surface area contributed by atoms with Gasteiger partial charge in [-0.2, -0.15) is 0 Å². The van der Waals surface area contributed by atoms with Gasteiger partial charge in [-0.15, -0.1) is 31.6 Å². The second-order valence-corrected chi connectivity index (χ2v) is 29.2. The minimum Gasteiger partial charge on any atom is -1.00 e. The van der Waals surface area contributed by atoms with E-state index in [-0.39, 0.29) is 144 Å². The fourth-order valence-corrected chi connectivity index (χ4v) is 12.6. The molecule has 28 nitrogen and oxygen atoms in total. The van der Waals surface area contributed by atoms with Crippen molar-refractivity contribution in [2.45, 2.75) is 149 Å². The monoisotopic (exact) mass is 1950 g/mol. The number of nitrogens with zero attached hydrogens (tertiary/aromatic N) is 4. The zero-order valence-electron chi connectivity index (χ0n) is 69.8. The molecule has 8 N–H and O–H groups in total. The molecular formula is C81H119BBr2ClF3KN9O19S4. The third-order valence-electron chi connectivity index (χ3n) is 15.1. The summed E-state index contributed by atoms with van der Waals surface area (Å²) in [4.78, 5) is 58.8. The number of anilines is 3. The van der Waals surface area contributed by atoms with Crippen molar-refractivity contribution in [2.75, 3.05) is 109 Å². The number of nitro benzene ring substituents is 2. The smallest absolute Gasteiger partial charge is 1.00 e. The number of halogens is 6. The Hall–Kier alpha value is -7.96. The van der Waals surface area contributed by atoms with Crippen LogP contribution in [0.2, 0.25) is 0 Å². The van der Waals surface area contributed by atoms with Crippen molar-refractivity contribution in [3.05, 3.63) is 182 Å². The summed E-state index contributed by atoms with van der Waals surface area (Å²) in [6.45, 7) is 29.1. The number of benzene rings is 6. The normalized spacial score (nSPS) is 9.49. The summed E-state index contributed by atoms with van der Waals surface area (Å²) < 4.78 is 90.8. The molecule has 0 saturated carbocycles. The maximum Gasteiger partial charge on any atom is 1.00 e. The molecule has 8 rings (SSSR count). The number of hydrogen-bond donors (Lipinski definition) is 6. The van der Waals surface area contributed by atoms with E-state index in [0.717, 1.165) is 54.5 Å². The van der Waals surface area contributed by atoms with Crippen molar-refractivity contribution in [1.29, 1.82) is 0 Å². The zero-order chi connectivity index (χ0) is 87.1. The van der Waals surface area contributed by atoms with Gasteiger partial charge in [-0.1, -0.05) is 103 Å². The Morgan fingerprint density at radius 2 is 0.826 bits per heavy atom. The Kier molecular flexibility index (Phi) is 67.6. The van der Waals surface area contributed by atoms with Crippen LogP contribution in [0.5, 0.6) is 69.0 Å². The fourth-order valence-electron chi connectivity index (χ4n) is 9.15. The number of H-pyrrole nitrogens is 2. The molecule has 672 valence electrons. The third kappa shape index (κ3) is 41.4. The van der Waals surface area contributed by atoms with Gasteiger partial charge in [0.2, 0.25) is 4.38 Å². The Bertz CT molecular complexity index is 4540. The van der Waals surface area contributed by atoms with Crippen molar-refractivity contribution in [3.8, 4) is 69.0 Å². The molecule has 121 heavy (non-hydrogen) atoms. The molecule has 2 heterocycles. The molecule has 0 radical (unpaired) electrons. The van der Waals surface area contributed by atoms with Gasteiger partial charge in [-0.05, 0) is 182 Å². The van der Waals surface area contributed by atoms with Gasteiger partial charge in [-0.25, -0.2) is 9.97 Å². The van der Waals surface area contributed by atoms with Crippen molar-refractivity contribution >= 4 is 139 Å². The minimum absolute atomic E-state index is 0. The van der Waals surface area contributed by atoms with Crippen LogP contribution in [0.4, 0.5) is 37.6 Å². The topological polar surface area (TPSA) is 376 Å². The molecule has 0 spiro atoms. The van der Waals surface area contributed by atoms with Crippen LogP contribution in [0.25, 0.3) is 5.57 Å². The minimum atomic E-state index is -2.34. The van der Waals surface area contributed by atoms with Gasteiger partial charge in [0.1, 0.15) is 4.47 Å².